The third-order valence-corrected chi connectivity index (χ3v) is 4.79. The highest BCUT2D eigenvalue weighted by Gasteiger charge is 2.24. The summed E-state index contributed by atoms with van der Waals surface area (Å²) in [6.07, 6.45) is 0. The highest BCUT2D eigenvalue weighted by molar-refractivity contribution is 6.10. The lowest BCUT2D eigenvalue weighted by Crippen LogP contribution is -2.26. The summed E-state index contributed by atoms with van der Waals surface area (Å²) in [7, 11) is 0. The molecule has 4 aromatic rings. The molecule has 0 fully saturated rings. The molecule has 0 radical (unpaired) electrons. The summed E-state index contributed by atoms with van der Waals surface area (Å²) in [5, 5.41) is 4.04. The normalized spacial score (nSPS) is 12.4. The minimum Gasteiger partial charge on any atom is -0.486 e. The Bertz CT molecular complexity index is 1130. The van der Waals surface area contributed by atoms with Crippen LogP contribution in [0.1, 0.15) is 10.5 Å². The van der Waals surface area contributed by atoms with Crippen molar-refractivity contribution in [3.05, 3.63) is 90.6 Å². The van der Waals surface area contributed by atoms with Crippen LogP contribution in [0.2, 0.25) is 0 Å². The molecule has 0 aliphatic carbocycles. The van der Waals surface area contributed by atoms with Gasteiger partial charge in [-0.25, -0.2) is 0 Å². The first-order chi connectivity index (χ1) is 14.8. The Balaban J connectivity index is 1.49. The first kappa shape index (κ1) is 18.0. The molecule has 6 heteroatoms. The Kier molecular flexibility index (Phi) is 4.65. The molecule has 0 spiro atoms. The molecule has 30 heavy (non-hydrogen) atoms. The largest absolute Gasteiger partial charge is 0.486 e. The maximum Gasteiger partial charge on any atom is 0.285 e. The Morgan fingerprint density at radius 1 is 0.767 bits per heavy atom. The fourth-order valence-corrected chi connectivity index (χ4v) is 3.36. The lowest BCUT2D eigenvalue weighted by Gasteiger charge is -2.21. The van der Waals surface area contributed by atoms with Gasteiger partial charge in [0.15, 0.2) is 23.0 Å². The summed E-state index contributed by atoms with van der Waals surface area (Å²) < 4.78 is 16.7. The number of carbonyl (C=O) groups is 1. The maximum absolute atomic E-state index is 13.4. The third kappa shape index (κ3) is 3.39. The lowest BCUT2D eigenvalue weighted by atomic mass is 10.1. The average molecular weight is 398 g/mol. The van der Waals surface area contributed by atoms with Crippen molar-refractivity contribution in [3.63, 3.8) is 0 Å². The number of ether oxygens (including phenoxy) is 2. The van der Waals surface area contributed by atoms with Crippen LogP contribution in [-0.2, 0) is 0 Å². The van der Waals surface area contributed by atoms with Gasteiger partial charge < -0.3 is 14.0 Å². The molecule has 148 valence electrons. The van der Waals surface area contributed by atoms with Gasteiger partial charge >= 0.3 is 0 Å². The van der Waals surface area contributed by atoms with E-state index in [4.69, 9.17) is 14.0 Å². The van der Waals surface area contributed by atoms with Crippen molar-refractivity contribution in [2.24, 2.45) is 0 Å². The number of anilines is 2. The van der Waals surface area contributed by atoms with Crippen molar-refractivity contribution >= 4 is 17.3 Å². The highest BCUT2D eigenvalue weighted by atomic mass is 16.6. The predicted molar refractivity (Wildman–Crippen MR) is 112 cm³/mol. The number of hydrogen-bond acceptors (Lipinski definition) is 5. The minimum atomic E-state index is -0.278. The number of para-hydroxylation sites is 2. The fraction of sp³-hybridized carbons (Fsp3) is 0.0833. The minimum absolute atomic E-state index is 0.215. The van der Waals surface area contributed by atoms with E-state index >= 15 is 0 Å². The number of carbonyl (C=O) groups excluding carboxylic acids is 1. The van der Waals surface area contributed by atoms with E-state index in [0.717, 1.165) is 16.9 Å². The molecule has 0 atom stereocenters. The second-order valence-electron chi connectivity index (χ2n) is 6.75. The van der Waals surface area contributed by atoms with Gasteiger partial charge in [0.05, 0.1) is 0 Å². The van der Waals surface area contributed by atoms with Crippen LogP contribution in [0.3, 0.4) is 0 Å². The van der Waals surface area contributed by atoms with E-state index < -0.39 is 0 Å². The summed E-state index contributed by atoms with van der Waals surface area (Å²) in [5.41, 5.74) is 2.47. The number of aromatic nitrogens is 1. The fourth-order valence-electron chi connectivity index (χ4n) is 3.36. The molecule has 3 aromatic carbocycles. The predicted octanol–water partition coefficient (Wildman–Crippen LogP) is 5.09. The maximum atomic E-state index is 13.4. The van der Waals surface area contributed by atoms with Crippen LogP contribution in [0.25, 0.3) is 11.3 Å². The summed E-state index contributed by atoms with van der Waals surface area (Å²) in [6, 6.07) is 26.1. The van der Waals surface area contributed by atoms with Gasteiger partial charge in [0.1, 0.15) is 13.2 Å². The molecule has 1 aliphatic heterocycles. The van der Waals surface area contributed by atoms with Crippen LogP contribution in [0.15, 0.2) is 89.5 Å². The monoisotopic (exact) mass is 398 g/mol. The van der Waals surface area contributed by atoms with Gasteiger partial charge in [-0.1, -0.05) is 41.6 Å². The Morgan fingerprint density at radius 2 is 1.40 bits per heavy atom. The van der Waals surface area contributed by atoms with Crippen LogP contribution < -0.4 is 14.4 Å². The molecule has 5 rings (SSSR count). The molecule has 2 heterocycles. The van der Waals surface area contributed by atoms with Gasteiger partial charge in [-0.15, -0.1) is 0 Å². The third-order valence-electron chi connectivity index (χ3n) is 4.79. The summed E-state index contributed by atoms with van der Waals surface area (Å²) in [6.45, 7) is 1.03. The van der Waals surface area contributed by atoms with Gasteiger partial charge in [0, 0.05) is 23.0 Å². The van der Waals surface area contributed by atoms with E-state index in [0.29, 0.717) is 30.5 Å². The Labute approximate surface area is 173 Å². The smallest absolute Gasteiger partial charge is 0.285 e. The second kappa shape index (κ2) is 7.75. The molecule has 0 saturated heterocycles. The molecule has 0 N–H and O–H groups in total. The second-order valence-corrected chi connectivity index (χ2v) is 6.75. The molecular formula is C24H18N2O4. The van der Waals surface area contributed by atoms with Crippen molar-refractivity contribution in [1.29, 1.82) is 0 Å². The molecular weight excluding hydrogens is 380 g/mol. The van der Waals surface area contributed by atoms with E-state index in [1.165, 1.54) is 0 Å². The molecule has 6 nitrogen and oxygen atoms in total. The number of fused-ring (bicyclic) bond motifs is 1. The van der Waals surface area contributed by atoms with Crippen molar-refractivity contribution in [1.82, 2.24) is 5.16 Å². The first-order valence-electron chi connectivity index (χ1n) is 9.61. The molecule has 0 bridgehead atoms. The van der Waals surface area contributed by atoms with Gasteiger partial charge in [-0.3, -0.25) is 9.69 Å². The van der Waals surface area contributed by atoms with Crippen molar-refractivity contribution in [2.45, 2.75) is 0 Å². The number of benzene rings is 3. The summed E-state index contributed by atoms with van der Waals surface area (Å²) >= 11 is 0. The van der Waals surface area contributed by atoms with E-state index in [1.54, 1.807) is 11.0 Å². The van der Waals surface area contributed by atoms with Gasteiger partial charge in [-0.2, -0.15) is 0 Å². The van der Waals surface area contributed by atoms with Crippen LogP contribution >= 0.6 is 0 Å². The van der Waals surface area contributed by atoms with Crippen LogP contribution in [0.4, 0.5) is 11.4 Å². The van der Waals surface area contributed by atoms with Gasteiger partial charge in [0.2, 0.25) is 0 Å². The molecule has 0 unspecified atom stereocenters. The van der Waals surface area contributed by atoms with Gasteiger partial charge in [0.25, 0.3) is 5.91 Å². The molecule has 0 saturated carbocycles. The molecule has 1 amide bonds. The molecule has 1 aliphatic rings. The van der Waals surface area contributed by atoms with Crippen LogP contribution in [-0.4, -0.2) is 24.3 Å². The Morgan fingerprint density at radius 3 is 2.07 bits per heavy atom. The SMILES string of the molecule is O=C(c1cc(-c2ccc3c(c2)OCCO3)on1)N(c1ccccc1)c1ccccc1. The van der Waals surface area contributed by atoms with E-state index in [1.807, 2.05) is 78.9 Å². The average Bonchev–Trinajstić information content (AvgIpc) is 3.31. The topological polar surface area (TPSA) is 64.8 Å². The van der Waals surface area contributed by atoms with Gasteiger partial charge in [-0.05, 0) is 42.5 Å². The summed E-state index contributed by atoms with van der Waals surface area (Å²) in [4.78, 5) is 15.0. The number of hydrogen-bond donors (Lipinski definition) is 0. The van der Waals surface area contributed by atoms with Crippen molar-refractivity contribution < 1.29 is 18.8 Å². The van der Waals surface area contributed by atoms with Crippen molar-refractivity contribution in [3.8, 4) is 22.8 Å². The van der Waals surface area contributed by atoms with E-state index in [2.05, 4.69) is 5.16 Å². The first-order valence-corrected chi connectivity index (χ1v) is 9.61. The van der Waals surface area contributed by atoms with Crippen molar-refractivity contribution in [2.75, 3.05) is 18.1 Å². The van der Waals surface area contributed by atoms with Crippen LogP contribution in [0.5, 0.6) is 11.5 Å². The number of rotatable bonds is 4. The zero-order chi connectivity index (χ0) is 20.3. The summed E-state index contributed by atoms with van der Waals surface area (Å²) in [5.74, 6) is 1.55. The highest BCUT2D eigenvalue weighted by Crippen LogP contribution is 2.35. The zero-order valence-corrected chi connectivity index (χ0v) is 16.0. The molecule has 1 aromatic heterocycles. The number of amides is 1. The zero-order valence-electron chi connectivity index (χ0n) is 16.0. The van der Waals surface area contributed by atoms with E-state index in [-0.39, 0.29) is 11.6 Å². The number of nitrogens with zero attached hydrogens (tertiary/aromatic N) is 2. The van der Waals surface area contributed by atoms with Crippen LogP contribution in [0, 0.1) is 0 Å². The Hall–Kier alpha value is -4.06. The standard InChI is InChI=1S/C24H18N2O4/c27-24(26(18-7-3-1-4-8-18)19-9-5-2-6-10-19)20-16-22(30-25-20)17-11-12-21-23(15-17)29-14-13-28-21/h1-12,15-16H,13-14H2. The quantitative estimate of drug-likeness (QED) is 0.479. The lowest BCUT2D eigenvalue weighted by molar-refractivity contribution is 0.0990. The van der Waals surface area contributed by atoms with E-state index in [9.17, 15) is 4.79 Å².